The van der Waals surface area contributed by atoms with Gasteiger partial charge in [0.05, 0.1) is 17.7 Å². The van der Waals surface area contributed by atoms with Crippen LogP contribution in [-0.2, 0) is 0 Å². The Morgan fingerprint density at radius 3 is 2.70 bits per heavy atom. The van der Waals surface area contributed by atoms with E-state index in [4.69, 9.17) is 0 Å². The number of hydrogen-bond acceptors (Lipinski definition) is 3. The number of nitrogens with zero attached hydrogens (tertiary/aromatic N) is 1. The van der Waals surface area contributed by atoms with Crippen molar-refractivity contribution in [3.05, 3.63) is 46.0 Å². The van der Waals surface area contributed by atoms with E-state index >= 15 is 0 Å². The highest BCUT2D eigenvalue weighted by molar-refractivity contribution is 9.10. The second-order valence-electron chi connectivity index (χ2n) is 4.81. The maximum Gasteiger partial charge on any atom is 0.261 e. The Bertz CT molecular complexity index is 569. The first-order valence-corrected chi connectivity index (χ1v) is 7.37. The molecule has 0 fully saturated rings. The van der Waals surface area contributed by atoms with Crippen molar-refractivity contribution in [2.24, 2.45) is 0 Å². The van der Waals surface area contributed by atoms with Crippen LogP contribution < -0.4 is 5.32 Å². The number of benzene rings is 1. The number of rotatable bonds is 6. The van der Waals surface area contributed by atoms with Gasteiger partial charge < -0.3 is 5.32 Å². The predicted octanol–water partition coefficient (Wildman–Crippen LogP) is 2.60. The normalized spacial score (nSPS) is 13.8. The molecule has 1 aromatic rings. The summed E-state index contributed by atoms with van der Waals surface area (Å²) < 4.78 is 0.794. The van der Waals surface area contributed by atoms with E-state index in [2.05, 4.69) is 34.7 Å². The lowest BCUT2D eigenvalue weighted by Crippen LogP contribution is -2.33. The number of halogens is 1. The molecule has 0 aromatic heterocycles. The molecule has 2 rings (SSSR count). The van der Waals surface area contributed by atoms with Gasteiger partial charge in [0.25, 0.3) is 11.8 Å². The average molecular weight is 337 g/mol. The van der Waals surface area contributed by atoms with Crippen molar-refractivity contribution in [3.63, 3.8) is 0 Å². The van der Waals surface area contributed by atoms with Crippen LogP contribution in [-0.4, -0.2) is 36.3 Å². The summed E-state index contributed by atoms with van der Waals surface area (Å²) in [6.07, 6.45) is 1.04. The quantitative estimate of drug-likeness (QED) is 0.493. The van der Waals surface area contributed by atoms with Crippen molar-refractivity contribution in [1.29, 1.82) is 0 Å². The van der Waals surface area contributed by atoms with Crippen molar-refractivity contribution >= 4 is 27.7 Å². The molecule has 5 heteroatoms. The molecule has 1 aliphatic rings. The summed E-state index contributed by atoms with van der Waals surface area (Å²) in [6, 6.07) is 5.14. The Morgan fingerprint density at radius 2 is 2.00 bits per heavy atom. The SMILES string of the molecule is C=C(CNCCC)CN1C(=O)c2ccc(Br)cc2C1=O. The third kappa shape index (κ3) is 2.99. The second-order valence-corrected chi connectivity index (χ2v) is 5.73. The first kappa shape index (κ1) is 14.9. The standard InChI is InChI=1S/C15H17BrN2O2/c1-3-6-17-8-10(2)9-18-14(19)12-5-4-11(16)7-13(12)15(18)20/h4-5,7,17H,2-3,6,8-9H2,1H3. The average Bonchev–Trinajstić information content (AvgIpc) is 2.64. The van der Waals surface area contributed by atoms with Crippen molar-refractivity contribution in [3.8, 4) is 0 Å². The Balaban J connectivity index is 2.07. The molecule has 1 heterocycles. The highest BCUT2D eigenvalue weighted by Crippen LogP contribution is 2.26. The van der Waals surface area contributed by atoms with Gasteiger partial charge in [-0.05, 0) is 36.7 Å². The van der Waals surface area contributed by atoms with Crippen molar-refractivity contribution in [2.75, 3.05) is 19.6 Å². The lowest BCUT2D eigenvalue weighted by molar-refractivity contribution is 0.0667. The summed E-state index contributed by atoms with van der Waals surface area (Å²) in [5, 5.41) is 3.21. The summed E-state index contributed by atoms with van der Waals surface area (Å²) in [7, 11) is 0. The molecule has 1 N–H and O–H groups in total. The molecule has 2 amide bonds. The molecular weight excluding hydrogens is 320 g/mol. The van der Waals surface area contributed by atoms with Crippen molar-refractivity contribution in [2.45, 2.75) is 13.3 Å². The van der Waals surface area contributed by atoms with E-state index in [9.17, 15) is 9.59 Å². The largest absolute Gasteiger partial charge is 0.313 e. The first-order chi connectivity index (χ1) is 9.54. The zero-order valence-corrected chi connectivity index (χ0v) is 13.0. The van der Waals surface area contributed by atoms with Gasteiger partial charge in [0.15, 0.2) is 0 Å². The maximum absolute atomic E-state index is 12.2. The maximum atomic E-state index is 12.2. The van der Waals surface area contributed by atoms with Gasteiger partial charge in [-0.3, -0.25) is 14.5 Å². The molecule has 1 aliphatic heterocycles. The molecule has 0 bridgehead atoms. The fraction of sp³-hybridized carbons (Fsp3) is 0.333. The van der Waals surface area contributed by atoms with E-state index in [1.54, 1.807) is 18.2 Å². The van der Waals surface area contributed by atoms with Crippen LogP contribution in [0.4, 0.5) is 0 Å². The highest BCUT2D eigenvalue weighted by atomic mass is 79.9. The van der Waals surface area contributed by atoms with E-state index < -0.39 is 0 Å². The highest BCUT2D eigenvalue weighted by Gasteiger charge is 2.35. The number of fused-ring (bicyclic) bond motifs is 1. The fourth-order valence-electron chi connectivity index (χ4n) is 2.13. The van der Waals surface area contributed by atoms with Gasteiger partial charge in [-0.1, -0.05) is 29.4 Å². The Labute approximate surface area is 127 Å². The molecule has 0 atom stereocenters. The van der Waals surface area contributed by atoms with Crippen LogP contribution in [0.15, 0.2) is 34.8 Å². The van der Waals surface area contributed by atoms with Crippen LogP contribution in [0, 0.1) is 0 Å². The zero-order valence-electron chi connectivity index (χ0n) is 11.4. The van der Waals surface area contributed by atoms with Gasteiger partial charge in [0.2, 0.25) is 0 Å². The molecule has 0 unspecified atom stereocenters. The van der Waals surface area contributed by atoms with E-state index in [0.29, 0.717) is 17.7 Å². The summed E-state index contributed by atoms with van der Waals surface area (Å²) >= 11 is 3.32. The first-order valence-electron chi connectivity index (χ1n) is 6.57. The summed E-state index contributed by atoms with van der Waals surface area (Å²) in [4.78, 5) is 25.7. The number of imide groups is 1. The van der Waals surface area contributed by atoms with Gasteiger partial charge in [-0.15, -0.1) is 0 Å². The monoisotopic (exact) mass is 336 g/mol. The number of carbonyl (C=O) groups is 2. The minimum absolute atomic E-state index is 0.242. The molecule has 4 nitrogen and oxygen atoms in total. The third-order valence-electron chi connectivity index (χ3n) is 3.12. The van der Waals surface area contributed by atoms with Gasteiger partial charge in [0.1, 0.15) is 0 Å². The molecule has 0 saturated heterocycles. The van der Waals surface area contributed by atoms with Crippen LogP contribution in [0.3, 0.4) is 0 Å². The van der Waals surface area contributed by atoms with Crippen LogP contribution in [0.5, 0.6) is 0 Å². The van der Waals surface area contributed by atoms with Gasteiger partial charge in [-0.25, -0.2) is 0 Å². The Hall–Kier alpha value is -1.46. The van der Waals surface area contributed by atoms with E-state index in [0.717, 1.165) is 23.0 Å². The predicted molar refractivity (Wildman–Crippen MR) is 81.8 cm³/mol. The second kappa shape index (κ2) is 6.33. The Kier molecular flexibility index (Phi) is 4.73. The molecule has 0 spiro atoms. The molecule has 0 saturated carbocycles. The lowest BCUT2D eigenvalue weighted by atomic mass is 10.1. The summed E-state index contributed by atoms with van der Waals surface area (Å²) in [5.41, 5.74) is 1.75. The zero-order chi connectivity index (χ0) is 14.7. The third-order valence-corrected chi connectivity index (χ3v) is 3.61. The number of nitrogens with one attached hydrogen (secondary N) is 1. The van der Waals surface area contributed by atoms with E-state index in [1.807, 2.05) is 0 Å². The molecule has 106 valence electrons. The number of hydrogen-bond donors (Lipinski definition) is 1. The summed E-state index contributed by atoms with van der Waals surface area (Å²) in [6.45, 7) is 7.78. The van der Waals surface area contributed by atoms with Crippen LogP contribution in [0.2, 0.25) is 0 Å². The van der Waals surface area contributed by atoms with E-state index in [-0.39, 0.29) is 18.4 Å². The Morgan fingerprint density at radius 1 is 1.30 bits per heavy atom. The molecule has 20 heavy (non-hydrogen) atoms. The van der Waals surface area contributed by atoms with Crippen molar-refractivity contribution < 1.29 is 9.59 Å². The minimum atomic E-state index is -0.247. The summed E-state index contributed by atoms with van der Waals surface area (Å²) in [5.74, 6) is -0.489. The lowest BCUT2D eigenvalue weighted by Gasteiger charge is -2.15. The van der Waals surface area contributed by atoms with Crippen LogP contribution in [0.1, 0.15) is 34.1 Å². The smallest absolute Gasteiger partial charge is 0.261 e. The molecule has 0 radical (unpaired) electrons. The van der Waals surface area contributed by atoms with Gasteiger partial charge >= 0.3 is 0 Å². The van der Waals surface area contributed by atoms with Gasteiger partial charge in [0, 0.05) is 11.0 Å². The van der Waals surface area contributed by atoms with Crippen LogP contribution in [0.25, 0.3) is 0 Å². The molecule has 1 aromatic carbocycles. The molecule has 0 aliphatic carbocycles. The minimum Gasteiger partial charge on any atom is -0.313 e. The van der Waals surface area contributed by atoms with E-state index in [1.165, 1.54) is 4.90 Å². The van der Waals surface area contributed by atoms with Gasteiger partial charge in [-0.2, -0.15) is 0 Å². The molecular formula is C15H17BrN2O2. The number of amides is 2. The number of carbonyl (C=O) groups excluding carboxylic acids is 2. The topological polar surface area (TPSA) is 49.4 Å². The van der Waals surface area contributed by atoms with Crippen LogP contribution >= 0.6 is 15.9 Å². The van der Waals surface area contributed by atoms with Crippen molar-refractivity contribution in [1.82, 2.24) is 10.2 Å². The fourth-order valence-corrected chi connectivity index (χ4v) is 2.49.